The van der Waals surface area contributed by atoms with Crippen LogP contribution in [-0.2, 0) is 17.8 Å². The van der Waals surface area contributed by atoms with E-state index in [1.807, 2.05) is 0 Å². The number of nitrogens with zero attached hydrogens (tertiary/aromatic N) is 1. The smallest absolute Gasteiger partial charge is 0.0707 e. The molecule has 3 rings (SSSR count). The molecular weight excluding hydrogens is 236 g/mol. The molecule has 0 aliphatic carbocycles. The summed E-state index contributed by atoms with van der Waals surface area (Å²) < 4.78 is 5.91. The topological polar surface area (TPSA) is 24.5 Å². The van der Waals surface area contributed by atoms with Gasteiger partial charge in [-0.1, -0.05) is 31.2 Å². The standard InChI is InChI=1S/C16H24N2O/c1-2-17-9-13-5-3-4-6-14(13)10-18-11-15-7-8-16(12-18)19-15/h3-6,15-17H,2,7-12H2,1H3. The third-order valence-electron chi connectivity index (χ3n) is 4.20. The Labute approximate surface area is 115 Å². The third-order valence-corrected chi connectivity index (χ3v) is 4.20. The largest absolute Gasteiger partial charge is 0.372 e. The number of likely N-dealkylation sites (tertiary alicyclic amines) is 1. The summed E-state index contributed by atoms with van der Waals surface area (Å²) in [6.45, 7) is 7.43. The lowest BCUT2D eigenvalue weighted by Gasteiger charge is -2.32. The van der Waals surface area contributed by atoms with Crippen molar-refractivity contribution < 1.29 is 4.74 Å². The van der Waals surface area contributed by atoms with Gasteiger partial charge >= 0.3 is 0 Å². The van der Waals surface area contributed by atoms with E-state index in [-0.39, 0.29) is 0 Å². The molecule has 0 spiro atoms. The first-order chi connectivity index (χ1) is 9.35. The molecule has 1 aromatic rings. The van der Waals surface area contributed by atoms with Crippen molar-refractivity contribution in [3.8, 4) is 0 Å². The van der Waals surface area contributed by atoms with Crippen LogP contribution in [0.25, 0.3) is 0 Å². The summed E-state index contributed by atoms with van der Waals surface area (Å²) in [5.41, 5.74) is 2.90. The molecule has 0 amide bonds. The minimum absolute atomic E-state index is 0.486. The summed E-state index contributed by atoms with van der Waals surface area (Å²) in [5, 5.41) is 3.43. The maximum atomic E-state index is 5.91. The molecule has 104 valence electrons. The lowest BCUT2D eigenvalue weighted by Crippen LogP contribution is -2.42. The van der Waals surface area contributed by atoms with Crippen LogP contribution in [0, 0.1) is 0 Å². The van der Waals surface area contributed by atoms with Gasteiger partial charge in [-0.05, 0) is 30.5 Å². The highest BCUT2D eigenvalue weighted by molar-refractivity contribution is 5.27. The zero-order valence-corrected chi connectivity index (χ0v) is 11.8. The van der Waals surface area contributed by atoms with Gasteiger partial charge in [-0.2, -0.15) is 0 Å². The monoisotopic (exact) mass is 260 g/mol. The van der Waals surface area contributed by atoms with Gasteiger partial charge in [0.15, 0.2) is 0 Å². The van der Waals surface area contributed by atoms with Gasteiger partial charge in [-0.3, -0.25) is 4.90 Å². The van der Waals surface area contributed by atoms with Crippen LogP contribution in [0.5, 0.6) is 0 Å². The number of rotatable bonds is 5. The molecule has 2 fully saturated rings. The molecule has 1 N–H and O–H groups in total. The van der Waals surface area contributed by atoms with Crippen molar-refractivity contribution in [2.75, 3.05) is 19.6 Å². The first-order valence-corrected chi connectivity index (χ1v) is 7.50. The minimum Gasteiger partial charge on any atom is -0.372 e. The van der Waals surface area contributed by atoms with Crippen molar-refractivity contribution in [1.82, 2.24) is 10.2 Å². The molecule has 19 heavy (non-hydrogen) atoms. The van der Waals surface area contributed by atoms with Gasteiger partial charge in [0.1, 0.15) is 0 Å². The molecule has 2 unspecified atom stereocenters. The summed E-state index contributed by atoms with van der Waals surface area (Å²) in [7, 11) is 0. The predicted molar refractivity (Wildman–Crippen MR) is 77.0 cm³/mol. The fourth-order valence-corrected chi connectivity index (χ4v) is 3.21. The number of hydrogen-bond donors (Lipinski definition) is 1. The highest BCUT2D eigenvalue weighted by atomic mass is 16.5. The molecular formula is C16H24N2O. The fraction of sp³-hybridized carbons (Fsp3) is 0.625. The van der Waals surface area contributed by atoms with Crippen molar-refractivity contribution in [3.05, 3.63) is 35.4 Å². The average Bonchev–Trinajstić information content (AvgIpc) is 2.77. The number of benzene rings is 1. The molecule has 2 bridgehead atoms. The summed E-state index contributed by atoms with van der Waals surface area (Å²) in [4.78, 5) is 2.57. The van der Waals surface area contributed by atoms with Crippen molar-refractivity contribution in [2.45, 2.75) is 45.1 Å². The van der Waals surface area contributed by atoms with E-state index >= 15 is 0 Å². The van der Waals surface area contributed by atoms with E-state index in [0.29, 0.717) is 12.2 Å². The van der Waals surface area contributed by atoms with Crippen molar-refractivity contribution in [2.24, 2.45) is 0 Å². The lowest BCUT2D eigenvalue weighted by atomic mass is 10.1. The second-order valence-electron chi connectivity index (χ2n) is 5.70. The van der Waals surface area contributed by atoms with Gasteiger partial charge < -0.3 is 10.1 Å². The van der Waals surface area contributed by atoms with Crippen molar-refractivity contribution in [3.63, 3.8) is 0 Å². The van der Waals surface area contributed by atoms with Crippen molar-refractivity contribution >= 4 is 0 Å². The van der Waals surface area contributed by atoms with Crippen LogP contribution in [-0.4, -0.2) is 36.7 Å². The quantitative estimate of drug-likeness (QED) is 0.878. The molecule has 0 aromatic heterocycles. The Bertz CT molecular complexity index is 409. The fourth-order valence-electron chi connectivity index (χ4n) is 3.21. The molecule has 2 heterocycles. The molecule has 2 atom stereocenters. The molecule has 1 aromatic carbocycles. The molecule has 3 nitrogen and oxygen atoms in total. The van der Waals surface area contributed by atoms with E-state index in [4.69, 9.17) is 4.74 Å². The highest BCUT2D eigenvalue weighted by Gasteiger charge is 2.33. The maximum absolute atomic E-state index is 5.91. The van der Waals surface area contributed by atoms with Crippen LogP contribution in [0.15, 0.2) is 24.3 Å². The maximum Gasteiger partial charge on any atom is 0.0707 e. The predicted octanol–water partition coefficient (Wildman–Crippen LogP) is 2.16. The normalized spacial score (nSPS) is 26.8. The first-order valence-electron chi connectivity index (χ1n) is 7.50. The summed E-state index contributed by atoms with van der Waals surface area (Å²) in [6, 6.07) is 8.80. The Balaban J connectivity index is 1.65. The zero-order valence-electron chi connectivity index (χ0n) is 11.8. The summed E-state index contributed by atoms with van der Waals surface area (Å²) >= 11 is 0. The Morgan fingerprint density at radius 3 is 2.53 bits per heavy atom. The number of ether oxygens (including phenoxy) is 1. The Morgan fingerprint density at radius 2 is 1.84 bits per heavy atom. The van der Waals surface area contributed by atoms with Gasteiger partial charge in [0.25, 0.3) is 0 Å². The number of fused-ring (bicyclic) bond motifs is 2. The summed E-state index contributed by atoms with van der Waals surface area (Å²) in [5.74, 6) is 0. The first kappa shape index (κ1) is 13.1. The van der Waals surface area contributed by atoms with Gasteiger partial charge in [0, 0.05) is 26.2 Å². The lowest BCUT2D eigenvalue weighted by molar-refractivity contribution is -0.0411. The van der Waals surface area contributed by atoms with Gasteiger partial charge in [-0.25, -0.2) is 0 Å². The van der Waals surface area contributed by atoms with E-state index in [9.17, 15) is 0 Å². The van der Waals surface area contributed by atoms with Gasteiger partial charge in [0.2, 0.25) is 0 Å². The molecule has 2 aliphatic heterocycles. The number of nitrogens with one attached hydrogen (secondary N) is 1. The van der Waals surface area contributed by atoms with Gasteiger partial charge in [-0.15, -0.1) is 0 Å². The van der Waals surface area contributed by atoms with Crippen LogP contribution in [0.2, 0.25) is 0 Å². The van der Waals surface area contributed by atoms with E-state index in [0.717, 1.165) is 32.7 Å². The Morgan fingerprint density at radius 1 is 1.16 bits per heavy atom. The average molecular weight is 260 g/mol. The number of morpholine rings is 1. The van der Waals surface area contributed by atoms with Crippen LogP contribution in [0.3, 0.4) is 0 Å². The van der Waals surface area contributed by atoms with E-state index < -0.39 is 0 Å². The van der Waals surface area contributed by atoms with Gasteiger partial charge in [0.05, 0.1) is 12.2 Å². The molecule has 2 saturated heterocycles. The minimum atomic E-state index is 0.486. The molecule has 0 radical (unpaired) electrons. The molecule has 2 aliphatic rings. The molecule has 3 heteroatoms. The van der Waals surface area contributed by atoms with E-state index in [2.05, 4.69) is 41.4 Å². The second kappa shape index (κ2) is 6.04. The Kier molecular flexibility index (Phi) is 4.16. The number of hydrogen-bond acceptors (Lipinski definition) is 3. The summed E-state index contributed by atoms with van der Waals surface area (Å²) in [6.07, 6.45) is 3.47. The van der Waals surface area contributed by atoms with Crippen LogP contribution in [0.1, 0.15) is 30.9 Å². The molecule has 0 saturated carbocycles. The highest BCUT2D eigenvalue weighted by Crippen LogP contribution is 2.27. The zero-order chi connectivity index (χ0) is 13.1. The second-order valence-corrected chi connectivity index (χ2v) is 5.70. The van der Waals surface area contributed by atoms with E-state index in [1.165, 1.54) is 24.0 Å². The third kappa shape index (κ3) is 3.16. The van der Waals surface area contributed by atoms with Crippen LogP contribution >= 0.6 is 0 Å². The van der Waals surface area contributed by atoms with Crippen LogP contribution in [0.4, 0.5) is 0 Å². The van der Waals surface area contributed by atoms with Crippen LogP contribution < -0.4 is 5.32 Å². The SMILES string of the molecule is CCNCc1ccccc1CN1CC2CCC(C1)O2. The Hall–Kier alpha value is -0.900. The van der Waals surface area contributed by atoms with Crippen molar-refractivity contribution in [1.29, 1.82) is 0 Å². The van der Waals surface area contributed by atoms with E-state index in [1.54, 1.807) is 0 Å².